The molecule has 3 heteroatoms. The molecule has 1 heterocycles. The van der Waals surface area contributed by atoms with Gasteiger partial charge in [0, 0.05) is 0 Å². The Bertz CT molecular complexity index is 87.7. The molecule has 0 aliphatic carbocycles. The van der Waals surface area contributed by atoms with Crippen LogP contribution in [-0.4, -0.2) is 25.0 Å². The monoisotopic (exact) mass is 101 g/mol. The number of carbonyl (C=O) groups is 1. The molecular formula is C4H7NO2. The lowest BCUT2D eigenvalue weighted by molar-refractivity contribution is -0.118. The number of epoxide rings is 1. The van der Waals surface area contributed by atoms with Crippen LogP contribution in [0.2, 0.25) is 0 Å². The molecule has 0 bridgehead atoms. The zero-order chi connectivity index (χ0) is 5.28. The summed E-state index contributed by atoms with van der Waals surface area (Å²) in [5.74, 6) is 0.0139. The largest absolute Gasteiger partial charge is 0.365 e. The van der Waals surface area contributed by atoms with Gasteiger partial charge in [-0.2, -0.15) is 0 Å². The van der Waals surface area contributed by atoms with Crippen molar-refractivity contribution in [2.75, 3.05) is 13.2 Å². The van der Waals surface area contributed by atoms with Gasteiger partial charge in [-0.15, -0.1) is 0 Å². The fourth-order valence-electron chi connectivity index (χ4n) is 0.365. The van der Waals surface area contributed by atoms with Crippen molar-refractivity contribution in [3.63, 3.8) is 0 Å². The molecule has 1 aliphatic rings. The van der Waals surface area contributed by atoms with Crippen molar-refractivity contribution in [1.82, 2.24) is 0 Å². The van der Waals surface area contributed by atoms with E-state index in [0.717, 1.165) is 0 Å². The molecule has 1 rings (SSSR count). The molecule has 1 atom stereocenters. The van der Waals surface area contributed by atoms with E-state index in [4.69, 9.17) is 5.73 Å². The number of ether oxygens (including phenoxy) is 1. The Hall–Kier alpha value is -0.410. The van der Waals surface area contributed by atoms with E-state index in [1.54, 1.807) is 0 Å². The third kappa shape index (κ3) is 0.976. The number of carbonyl (C=O) groups excluding carboxylic acids is 1. The van der Waals surface area contributed by atoms with Crippen LogP contribution in [0, 0.1) is 0 Å². The minimum absolute atomic E-state index is 0.0139. The van der Waals surface area contributed by atoms with Crippen LogP contribution in [0.4, 0.5) is 0 Å². The van der Waals surface area contributed by atoms with Gasteiger partial charge in [-0.05, 0) is 0 Å². The van der Waals surface area contributed by atoms with Crippen LogP contribution < -0.4 is 5.73 Å². The maximum Gasteiger partial charge on any atom is 0.177 e. The van der Waals surface area contributed by atoms with E-state index < -0.39 is 0 Å². The highest BCUT2D eigenvalue weighted by molar-refractivity contribution is 5.86. The minimum Gasteiger partial charge on any atom is -0.365 e. The Labute approximate surface area is 41.4 Å². The van der Waals surface area contributed by atoms with Gasteiger partial charge in [-0.25, -0.2) is 0 Å². The second kappa shape index (κ2) is 1.60. The lowest BCUT2D eigenvalue weighted by Crippen LogP contribution is -2.18. The van der Waals surface area contributed by atoms with Gasteiger partial charge in [0.2, 0.25) is 0 Å². The summed E-state index contributed by atoms with van der Waals surface area (Å²) in [5, 5.41) is 0. The third-order valence-corrected chi connectivity index (χ3v) is 0.894. The van der Waals surface area contributed by atoms with Crippen LogP contribution in [0.5, 0.6) is 0 Å². The van der Waals surface area contributed by atoms with E-state index in [1.807, 2.05) is 0 Å². The molecule has 1 saturated heterocycles. The van der Waals surface area contributed by atoms with Crippen LogP contribution >= 0.6 is 0 Å². The Morgan fingerprint density at radius 2 is 2.57 bits per heavy atom. The van der Waals surface area contributed by atoms with Crippen LogP contribution in [0.1, 0.15) is 0 Å². The molecule has 0 amide bonds. The van der Waals surface area contributed by atoms with Crippen molar-refractivity contribution in [3.8, 4) is 0 Å². The second-order valence-corrected chi connectivity index (χ2v) is 1.49. The summed E-state index contributed by atoms with van der Waals surface area (Å²) in [6.45, 7) is 0.695. The van der Waals surface area contributed by atoms with Crippen molar-refractivity contribution < 1.29 is 9.53 Å². The Morgan fingerprint density at radius 1 is 2.00 bits per heavy atom. The Morgan fingerprint density at radius 3 is 2.71 bits per heavy atom. The zero-order valence-corrected chi connectivity index (χ0v) is 3.89. The SMILES string of the molecule is NCC(=O)C1CO1. The quantitative estimate of drug-likeness (QED) is 0.450. The van der Waals surface area contributed by atoms with E-state index in [1.165, 1.54) is 0 Å². The minimum atomic E-state index is -0.148. The van der Waals surface area contributed by atoms with Gasteiger partial charge in [-0.1, -0.05) is 0 Å². The molecule has 0 aromatic heterocycles. The molecule has 0 radical (unpaired) electrons. The molecule has 0 aromatic carbocycles. The van der Waals surface area contributed by atoms with Gasteiger partial charge in [0.05, 0.1) is 13.2 Å². The molecular weight excluding hydrogens is 94.0 g/mol. The van der Waals surface area contributed by atoms with Crippen LogP contribution in [0.15, 0.2) is 0 Å². The molecule has 1 aliphatic heterocycles. The number of hydrogen-bond donors (Lipinski definition) is 1. The number of Topliss-reactive ketones (excluding diaryl/α,β-unsaturated/α-hetero) is 1. The number of hydrogen-bond acceptors (Lipinski definition) is 3. The van der Waals surface area contributed by atoms with Crippen molar-refractivity contribution in [2.45, 2.75) is 6.10 Å². The fourth-order valence-corrected chi connectivity index (χ4v) is 0.365. The highest BCUT2D eigenvalue weighted by Gasteiger charge is 2.29. The number of rotatable bonds is 2. The number of nitrogens with two attached hydrogens (primary N) is 1. The molecule has 1 unspecified atom stereocenters. The standard InChI is InChI=1S/C4H7NO2/c5-1-3(6)4-2-7-4/h4H,1-2,5H2. The van der Waals surface area contributed by atoms with E-state index in [-0.39, 0.29) is 18.4 Å². The molecule has 7 heavy (non-hydrogen) atoms. The summed E-state index contributed by atoms with van der Waals surface area (Å²) in [6.07, 6.45) is -0.148. The molecule has 40 valence electrons. The highest BCUT2D eigenvalue weighted by atomic mass is 16.6. The lowest BCUT2D eigenvalue weighted by atomic mass is 10.3. The molecule has 0 spiro atoms. The summed E-state index contributed by atoms with van der Waals surface area (Å²) in [4.78, 5) is 10.3. The third-order valence-electron chi connectivity index (χ3n) is 0.894. The molecule has 2 N–H and O–H groups in total. The summed E-state index contributed by atoms with van der Waals surface area (Å²) in [6, 6.07) is 0. The smallest absolute Gasteiger partial charge is 0.177 e. The van der Waals surface area contributed by atoms with E-state index in [0.29, 0.717) is 6.61 Å². The van der Waals surface area contributed by atoms with Gasteiger partial charge in [0.25, 0.3) is 0 Å². The lowest BCUT2D eigenvalue weighted by Gasteiger charge is -1.82. The summed E-state index contributed by atoms with van der Waals surface area (Å²) in [7, 11) is 0. The first-order chi connectivity index (χ1) is 3.34. The van der Waals surface area contributed by atoms with Crippen molar-refractivity contribution in [2.24, 2.45) is 5.73 Å². The van der Waals surface area contributed by atoms with Gasteiger partial charge in [-0.3, -0.25) is 4.79 Å². The fraction of sp³-hybridized carbons (Fsp3) is 0.750. The normalized spacial score (nSPS) is 27.3. The maximum atomic E-state index is 10.3. The maximum absolute atomic E-state index is 10.3. The van der Waals surface area contributed by atoms with Crippen molar-refractivity contribution >= 4 is 5.78 Å². The van der Waals surface area contributed by atoms with Crippen molar-refractivity contribution in [3.05, 3.63) is 0 Å². The van der Waals surface area contributed by atoms with Gasteiger partial charge in [0.1, 0.15) is 6.10 Å². The van der Waals surface area contributed by atoms with Crippen molar-refractivity contribution in [1.29, 1.82) is 0 Å². The van der Waals surface area contributed by atoms with E-state index in [2.05, 4.69) is 4.74 Å². The highest BCUT2D eigenvalue weighted by Crippen LogP contribution is 2.07. The summed E-state index contributed by atoms with van der Waals surface area (Å²) in [5.41, 5.74) is 4.98. The zero-order valence-electron chi connectivity index (χ0n) is 3.89. The van der Waals surface area contributed by atoms with Gasteiger partial charge >= 0.3 is 0 Å². The summed E-state index contributed by atoms with van der Waals surface area (Å²) < 4.78 is 4.63. The predicted octanol–water partition coefficient (Wildman–Crippen LogP) is -1.09. The van der Waals surface area contributed by atoms with E-state index in [9.17, 15) is 4.79 Å². The first-order valence-electron chi connectivity index (χ1n) is 2.19. The van der Waals surface area contributed by atoms with Crippen LogP contribution in [-0.2, 0) is 9.53 Å². The molecule has 1 fully saturated rings. The van der Waals surface area contributed by atoms with Gasteiger partial charge < -0.3 is 10.5 Å². The average molecular weight is 101 g/mol. The first-order valence-corrected chi connectivity index (χ1v) is 2.19. The summed E-state index contributed by atoms with van der Waals surface area (Å²) >= 11 is 0. The predicted molar refractivity (Wildman–Crippen MR) is 23.8 cm³/mol. The van der Waals surface area contributed by atoms with E-state index >= 15 is 0 Å². The van der Waals surface area contributed by atoms with Crippen LogP contribution in [0.3, 0.4) is 0 Å². The Kier molecular flexibility index (Phi) is 1.08. The Balaban J connectivity index is 2.24. The van der Waals surface area contributed by atoms with Gasteiger partial charge in [0.15, 0.2) is 5.78 Å². The first kappa shape index (κ1) is 4.74. The topological polar surface area (TPSA) is 55.6 Å². The second-order valence-electron chi connectivity index (χ2n) is 1.49. The molecule has 3 nitrogen and oxygen atoms in total. The average Bonchev–Trinajstić information content (AvgIpc) is 2.44. The molecule has 0 saturated carbocycles. The molecule has 0 aromatic rings. The van der Waals surface area contributed by atoms with Crippen LogP contribution in [0.25, 0.3) is 0 Å². The number of ketones is 1.